The fourth-order valence-corrected chi connectivity index (χ4v) is 3.21. The first kappa shape index (κ1) is 16.7. The maximum absolute atomic E-state index is 5.77. The Morgan fingerprint density at radius 1 is 1.26 bits per heavy atom. The Hall–Kier alpha value is -0.380. The Morgan fingerprint density at radius 3 is 2.53 bits per heavy atom. The highest BCUT2D eigenvalue weighted by atomic mass is 79.9. The zero-order valence-corrected chi connectivity index (χ0v) is 14.0. The largest absolute Gasteiger partial charge is 0.271 e. The molecule has 0 aromatic heterocycles. The number of hydrazine groups is 1. The maximum Gasteiger partial charge on any atom is 0.0463 e. The molecule has 0 aliphatic rings. The van der Waals surface area contributed by atoms with E-state index in [4.69, 9.17) is 5.84 Å². The molecule has 0 fully saturated rings. The van der Waals surface area contributed by atoms with Gasteiger partial charge in [0.05, 0.1) is 0 Å². The van der Waals surface area contributed by atoms with Crippen molar-refractivity contribution in [1.29, 1.82) is 0 Å². The van der Waals surface area contributed by atoms with Crippen molar-refractivity contribution < 1.29 is 0 Å². The molecular weight excluding hydrogens is 300 g/mol. The molecule has 0 amide bonds. The van der Waals surface area contributed by atoms with Gasteiger partial charge in [-0.15, -0.1) is 0 Å². The van der Waals surface area contributed by atoms with E-state index in [9.17, 15) is 0 Å². The average Bonchev–Trinajstić information content (AvgIpc) is 2.38. The first-order valence-corrected chi connectivity index (χ1v) is 8.13. The molecule has 1 aromatic carbocycles. The molecule has 3 N–H and O–H groups in total. The van der Waals surface area contributed by atoms with Crippen LogP contribution in [0.25, 0.3) is 0 Å². The van der Waals surface area contributed by atoms with Gasteiger partial charge < -0.3 is 0 Å². The van der Waals surface area contributed by atoms with Crippen LogP contribution in [0.2, 0.25) is 0 Å². The standard InChI is InChI=1S/C16H27BrN2/c1-4-6-7-13(5-2)10-16(19-18)14-8-12(3)9-15(17)11-14/h8-9,11,13,16,19H,4-7,10,18H2,1-3H3. The van der Waals surface area contributed by atoms with Crippen LogP contribution in [0.4, 0.5) is 0 Å². The first-order chi connectivity index (χ1) is 9.10. The summed E-state index contributed by atoms with van der Waals surface area (Å²) in [5, 5.41) is 0. The van der Waals surface area contributed by atoms with E-state index >= 15 is 0 Å². The van der Waals surface area contributed by atoms with Gasteiger partial charge in [0.2, 0.25) is 0 Å². The van der Waals surface area contributed by atoms with Gasteiger partial charge in [0.15, 0.2) is 0 Å². The van der Waals surface area contributed by atoms with Crippen molar-refractivity contribution in [3.8, 4) is 0 Å². The van der Waals surface area contributed by atoms with Gasteiger partial charge in [-0.05, 0) is 42.5 Å². The Balaban J connectivity index is 2.75. The van der Waals surface area contributed by atoms with Gasteiger partial charge in [0.1, 0.15) is 0 Å². The molecule has 0 heterocycles. The van der Waals surface area contributed by atoms with Crippen molar-refractivity contribution >= 4 is 15.9 Å². The molecule has 19 heavy (non-hydrogen) atoms. The van der Waals surface area contributed by atoms with Crippen molar-refractivity contribution in [3.05, 3.63) is 33.8 Å². The van der Waals surface area contributed by atoms with Gasteiger partial charge in [-0.25, -0.2) is 0 Å². The highest BCUT2D eigenvalue weighted by molar-refractivity contribution is 9.10. The van der Waals surface area contributed by atoms with E-state index in [0.29, 0.717) is 0 Å². The lowest BCUT2D eigenvalue weighted by atomic mass is 9.89. The lowest BCUT2D eigenvalue weighted by Gasteiger charge is -2.23. The van der Waals surface area contributed by atoms with Crippen molar-refractivity contribution in [3.63, 3.8) is 0 Å². The van der Waals surface area contributed by atoms with E-state index in [-0.39, 0.29) is 6.04 Å². The van der Waals surface area contributed by atoms with Crippen molar-refractivity contribution in [2.45, 2.75) is 58.9 Å². The van der Waals surface area contributed by atoms with Crippen LogP contribution in [0.3, 0.4) is 0 Å². The first-order valence-electron chi connectivity index (χ1n) is 7.33. The molecule has 1 aromatic rings. The Bertz CT molecular complexity index is 359. The summed E-state index contributed by atoms with van der Waals surface area (Å²) >= 11 is 3.57. The molecule has 0 bridgehead atoms. The molecule has 0 radical (unpaired) electrons. The quantitative estimate of drug-likeness (QED) is 0.528. The average molecular weight is 327 g/mol. The smallest absolute Gasteiger partial charge is 0.0463 e. The predicted molar refractivity (Wildman–Crippen MR) is 86.9 cm³/mol. The van der Waals surface area contributed by atoms with Crippen LogP contribution >= 0.6 is 15.9 Å². The fraction of sp³-hybridized carbons (Fsp3) is 0.625. The summed E-state index contributed by atoms with van der Waals surface area (Å²) < 4.78 is 1.13. The highest BCUT2D eigenvalue weighted by Gasteiger charge is 2.16. The highest BCUT2D eigenvalue weighted by Crippen LogP contribution is 2.28. The molecule has 3 heteroatoms. The van der Waals surface area contributed by atoms with Crippen LogP contribution in [0.5, 0.6) is 0 Å². The van der Waals surface area contributed by atoms with Gasteiger partial charge in [-0.3, -0.25) is 11.3 Å². The second-order valence-electron chi connectivity index (χ2n) is 5.43. The number of aryl methyl sites for hydroxylation is 1. The number of hydrogen-bond acceptors (Lipinski definition) is 2. The second kappa shape index (κ2) is 8.72. The van der Waals surface area contributed by atoms with Gasteiger partial charge in [-0.2, -0.15) is 0 Å². The molecule has 0 aliphatic heterocycles. The van der Waals surface area contributed by atoms with E-state index in [1.165, 1.54) is 36.8 Å². The van der Waals surface area contributed by atoms with E-state index in [0.717, 1.165) is 16.8 Å². The summed E-state index contributed by atoms with van der Waals surface area (Å²) in [5.74, 6) is 6.52. The molecule has 2 nitrogen and oxygen atoms in total. The van der Waals surface area contributed by atoms with Crippen LogP contribution in [-0.2, 0) is 0 Å². The number of nitrogens with two attached hydrogens (primary N) is 1. The number of nitrogens with one attached hydrogen (secondary N) is 1. The van der Waals surface area contributed by atoms with Gasteiger partial charge in [0, 0.05) is 10.5 Å². The second-order valence-corrected chi connectivity index (χ2v) is 6.35. The summed E-state index contributed by atoms with van der Waals surface area (Å²) in [4.78, 5) is 0. The molecule has 0 aliphatic carbocycles. The third kappa shape index (κ3) is 5.64. The summed E-state index contributed by atoms with van der Waals surface area (Å²) in [6.07, 6.45) is 6.23. The Morgan fingerprint density at radius 2 is 2.00 bits per heavy atom. The monoisotopic (exact) mass is 326 g/mol. The summed E-state index contributed by atoms with van der Waals surface area (Å²) in [6.45, 7) is 6.65. The van der Waals surface area contributed by atoms with E-state index < -0.39 is 0 Å². The normalized spacial score (nSPS) is 14.4. The Labute approximate surface area is 126 Å². The van der Waals surface area contributed by atoms with Crippen LogP contribution < -0.4 is 11.3 Å². The minimum absolute atomic E-state index is 0.248. The van der Waals surface area contributed by atoms with Gasteiger partial charge >= 0.3 is 0 Å². The SMILES string of the molecule is CCCCC(CC)CC(NN)c1cc(C)cc(Br)c1. The van der Waals surface area contributed by atoms with Gasteiger partial charge in [0.25, 0.3) is 0 Å². The number of halogens is 1. The van der Waals surface area contributed by atoms with E-state index in [1.54, 1.807) is 0 Å². The molecular formula is C16H27BrN2. The molecule has 2 unspecified atom stereocenters. The summed E-state index contributed by atoms with van der Waals surface area (Å²) in [6, 6.07) is 6.77. The van der Waals surface area contributed by atoms with Crippen molar-refractivity contribution in [2.24, 2.45) is 11.8 Å². The molecule has 0 saturated heterocycles. The van der Waals surface area contributed by atoms with Crippen molar-refractivity contribution in [2.75, 3.05) is 0 Å². The van der Waals surface area contributed by atoms with Crippen molar-refractivity contribution in [1.82, 2.24) is 5.43 Å². The summed E-state index contributed by atoms with van der Waals surface area (Å²) in [5.41, 5.74) is 5.54. The molecule has 2 atom stereocenters. The van der Waals surface area contributed by atoms with Crippen LogP contribution in [-0.4, -0.2) is 0 Å². The lowest BCUT2D eigenvalue weighted by molar-refractivity contribution is 0.356. The molecule has 108 valence electrons. The number of unbranched alkanes of at least 4 members (excludes halogenated alkanes) is 1. The number of hydrogen-bond donors (Lipinski definition) is 2. The van der Waals surface area contributed by atoms with Gasteiger partial charge in [-0.1, -0.05) is 61.5 Å². The number of rotatable bonds is 8. The molecule has 0 spiro atoms. The van der Waals surface area contributed by atoms with Crippen LogP contribution in [0.15, 0.2) is 22.7 Å². The zero-order chi connectivity index (χ0) is 14.3. The molecule has 1 rings (SSSR count). The van der Waals surface area contributed by atoms with Crippen LogP contribution in [0.1, 0.15) is 63.1 Å². The minimum atomic E-state index is 0.248. The third-order valence-electron chi connectivity index (χ3n) is 3.78. The predicted octanol–water partition coefficient (Wildman–Crippen LogP) is 4.87. The van der Waals surface area contributed by atoms with E-state index in [2.05, 4.69) is 60.3 Å². The fourth-order valence-electron chi connectivity index (χ4n) is 2.58. The van der Waals surface area contributed by atoms with Crippen LogP contribution in [0, 0.1) is 12.8 Å². The third-order valence-corrected chi connectivity index (χ3v) is 4.24. The lowest BCUT2D eigenvalue weighted by Crippen LogP contribution is -2.29. The Kier molecular flexibility index (Phi) is 7.66. The van der Waals surface area contributed by atoms with E-state index in [1.807, 2.05) is 0 Å². The number of benzene rings is 1. The zero-order valence-electron chi connectivity index (χ0n) is 12.4. The molecule has 0 saturated carbocycles. The summed E-state index contributed by atoms with van der Waals surface area (Å²) in [7, 11) is 0. The topological polar surface area (TPSA) is 38.0 Å². The minimum Gasteiger partial charge on any atom is -0.271 e. The maximum atomic E-state index is 5.77.